The van der Waals surface area contributed by atoms with Gasteiger partial charge < -0.3 is 10.1 Å². The van der Waals surface area contributed by atoms with Crippen molar-refractivity contribution in [1.82, 2.24) is 5.32 Å². The first-order valence-electron chi connectivity index (χ1n) is 7.78. The van der Waals surface area contributed by atoms with Crippen LogP contribution in [-0.4, -0.2) is 18.7 Å². The van der Waals surface area contributed by atoms with Gasteiger partial charge in [0, 0.05) is 5.54 Å². The van der Waals surface area contributed by atoms with Crippen LogP contribution in [0.25, 0.3) is 0 Å². The Morgan fingerprint density at radius 1 is 1.15 bits per heavy atom. The van der Waals surface area contributed by atoms with Gasteiger partial charge in [0.05, 0.1) is 6.61 Å². The van der Waals surface area contributed by atoms with Crippen LogP contribution in [0.2, 0.25) is 0 Å². The highest BCUT2D eigenvalue weighted by atomic mass is 16.5. The monoisotopic (exact) mass is 277 g/mol. The molecule has 0 saturated heterocycles. The first kappa shape index (κ1) is 17.0. The summed E-state index contributed by atoms with van der Waals surface area (Å²) < 4.78 is 5.98. The Bertz CT molecular complexity index is 404. The molecule has 1 N–H and O–H groups in total. The molecular weight excluding hydrogens is 246 g/mol. The second-order valence-corrected chi connectivity index (χ2v) is 6.93. The number of nitrogens with one attached hydrogen (secondary N) is 1. The van der Waals surface area contributed by atoms with Gasteiger partial charge in [0.25, 0.3) is 0 Å². The molecule has 2 nitrogen and oxygen atoms in total. The lowest BCUT2D eigenvalue weighted by Crippen LogP contribution is -2.36. The van der Waals surface area contributed by atoms with Crippen LogP contribution in [0, 0.1) is 6.92 Å². The largest absolute Gasteiger partial charge is 0.493 e. The molecule has 0 aliphatic carbocycles. The summed E-state index contributed by atoms with van der Waals surface area (Å²) in [7, 11) is 0. The van der Waals surface area contributed by atoms with E-state index in [-0.39, 0.29) is 5.54 Å². The van der Waals surface area contributed by atoms with Crippen molar-refractivity contribution in [2.45, 2.75) is 65.8 Å². The maximum atomic E-state index is 5.98. The molecule has 0 unspecified atom stereocenters. The molecular formula is C18H31NO. The molecule has 0 fully saturated rings. The van der Waals surface area contributed by atoms with Crippen molar-refractivity contribution in [2.75, 3.05) is 13.2 Å². The van der Waals surface area contributed by atoms with E-state index < -0.39 is 0 Å². The van der Waals surface area contributed by atoms with Crippen molar-refractivity contribution in [3.8, 4) is 5.75 Å². The third kappa shape index (κ3) is 6.42. The van der Waals surface area contributed by atoms with E-state index in [0.717, 1.165) is 31.7 Å². The molecule has 1 aromatic rings. The van der Waals surface area contributed by atoms with Gasteiger partial charge in [-0.25, -0.2) is 0 Å². The number of ether oxygens (including phenoxy) is 1. The van der Waals surface area contributed by atoms with Crippen molar-refractivity contribution in [2.24, 2.45) is 0 Å². The maximum Gasteiger partial charge on any atom is 0.122 e. The second kappa shape index (κ2) is 7.68. The Balaban J connectivity index is 2.37. The maximum absolute atomic E-state index is 5.98. The lowest BCUT2D eigenvalue weighted by atomic mass is 10.0. The van der Waals surface area contributed by atoms with Crippen LogP contribution in [0.4, 0.5) is 0 Å². The zero-order chi connectivity index (χ0) is 15.2. The molecule has 0 heterocycles. The molecule has 0 atom stereocenters. The van der Waals surface area contributed by atoms with Crippen LogP contribution in [0.3, 0.4) is 0 Å². The molecule has 0 saturated carbocycles. The molecule has 0 spiro atoms. The minimum atomic E-state index is 0.211. The highest BCUT2D eigenvalue weighted by molar-refractivity contribution is 5.39. The third-order valence-corrected chi connectivity index (χ3v) is 3.28. The van der Waals surface area contributed by atoms with Crippen molar-refractivity contribution in [3.05, 3.63) is 29.3 Å². The molecule has 1 rings (SSSR count). The van der Waals surface area contributed by atoms with Crippen molar-refractivity contribution < 1.29 is 4.74 Å². The lowest BCUT2D eigenvalue weighted by Gasteiger charge is -2.20. The summed E-state index contributed by atoms with van der Waals surface area (Å²) >= 11 is 0. The van der Waals surface area contributed by atoms with E-state index in [4.69, 9.17) is 4.74 Å². The number of benzene rings is 1. The summed E-state index contributed by atoms with van der Waals surface area (Å²) in [5.41, 5.74) is 2.78. The fraction of sp³-hybridized carbons (Fsp3) is 0.667. The van der Waals surface area contributed by atoms with E-state index in [1.54, 1.807) is 0 Å². The number of unbranched alkanes of at least 4 members (excludes halogenated alkanes) is 1. The van der Waals surface area contributed by atoms with E-state index in [1.807, 2.05) is 0 Å². The van der Waals surface area contributed by atoms with Crippen LogP contribution in [0.15, 0.2) is 18.2 Å². The first-order valence-corrected chi connectivity index (χ1v) is 7.78. The molecule has 0 amide bonds. The van der Waals surface area contributed by atoms with E-state index >= 15 is 0 Å². The molecule has 20 heavy (non-hydrogen) atoms. The number of hydrogen-bond acceptors (Lipinski definition) is 2. The number of rotatable bonds is 7. The normalized spacial score (nSPS) is 11.9. The van der Waals surface area contributed by atoms with Crippen LogP contribution in [-0.2, 0) is 0 Å². The Hall–Kier alpha value is -1.02. The quantitative estimate of drug-likeness (QED) is 0.732. The fourth-order valence-electron chi connectivity index (χ4n) is 2.12. The summed E-state index contributed by atoms with van der Waals surface area (Å²) in [6.45, 7) is 15.0. The van der Waals surface area contributed by atoms with E-state index in [9.17, 15) is 0 Å². The van der Waals surface area contributed by atoms with Gasteiger partial charge in [0.15, 0.2) is 0 Å². The fourth-order valence-corrected chi connectivity index (χ4v) is 2.12. The molecule has 1 aromatic carbocycles. The summed E-state index contributed by atoms with van der Waals surface area (Å²) in [6.07, 6.45) is 2.24. The predicted molar refractivity (Wildman–Crippen MR) is 87.8 cm³/mol. The minimum absolute atomic E-state index is 0.211. The Labute approximate surface area is 124 Å². The van der Waals surface area contributed by atoms with Crippen LogP contribution in [0.5, 0.6) is 5.75 Å². The standard InChI is InChI=1S/C18H31NO/c1-14(2)16-10-9-15(3)13-17(16)20-12-8-7-11-19-18(4,5)6/h9-10,13-14,19H,7-8,11-12H2,1-6H3. The van der Waals surface area contributed by atoms with Gasteiger partial charge in [-0.3, -0.25) is 0 Å². The molecule has 0 aliphatic heterocycles. The summed E-state index contributed by atoms with van der Waals surface area (Å²) in [4.78, 5) is 0. The minimum Gasteiger partial charge on any atom is -0.493 e. The molecule has 114 valence electrons. The van der Waals surface area contributed by atoms with Gasteiger partial charge in [0.1, 0.15) is 5.75 Å². The van der Waals surface area contributed by atoms with Crippen molar-refractivity contribution in [3.63, 3.8) is 0 Å². The average Bonchev–Trinajstić information content (AvgIpc) is 2.32. The van der Waals surface area contributed by atoms with Crippen molar-refractivity contribution in [1.29, 1.82) is 0 Å². The van der Waals surface area contributed by atoms with Crippen LogP contribution in [0.1, 0.15) is 64.5 Å². The molecule has 0 bridgehead atoms. The smallest absolute Gasteiger partial charge is 0.122 e. The Morgan fingerprint density at radius 2 is 1.85 bits per heavy atom. The molecule has 0 radical (unpaired) electrons. The summed E-state index contributed by atoms with van der Waals surface area (Å²) in [5.74, 6) is 1.57. The molecule has 0 aromatic heterocycles. The summed E-state index contributed by atoms with van der Waals surface area (Å²) in [6, 6.07) is 6.51. The van der Waals surface area contributed by atoms with E-state index in [2.05, 4.69) is 65.1 Å². The Morgan fingerprint density at radius 3 is 2.45 bits per heavy atom. The number of aryl methyl sites for hydroxylation is 1. The van der Waals surface area contributed by atoms with Gasteiger partial charge in [-0.05, 0) is 70.2 Å². The zero-order valence-electron chi connectivity index (χ0n) is 14.0. The SMILES string of the molecule is Cc1ccc(C(C)C)c(OCCCCNC(C)(C)C)c1. The Kier molecular flexibility index (Phi) is 6.54. The van der Waals surface area contributed by atoms with Crippen LogP contribution < -0.4 is 10.1 Å². The highest BCUT2D eigenvalue weighted by Crippen LogP contribution is 2.27. The second-order valence-electron chi connectivity index (χ2n) is 6.93. The first-order chi connectivity index (χ1) is 9.29. The highest BCUT2D eigenvalue weighted by Gasteiger charge is 2.09. The summed E-state index contributed by atoms with van der Waals surface area (Å²) in [5, 5.41) is 3.50. The van der Waals surface area contributed by atoms with Gasteiger partial charge >= 0.3 is 0 Å². The number of hydrogen-bond donors (Lipinski definition) is 1. The zero-order valence-corrected chi connectivity index (χ0v) is 14.0. The third-order valence-electron chi connectivity index (χ3n) is 3.28. The van der Waals surface area contributed by atoms with Gasteiger partial charge in [-0.2, -0.15) is 0 Å². The topological polar surface area (TPSA) is 21.3 Å². The van der Waals surface area contributed by atoms with E-state index in [0.29, 0.717) is 5.92 Å². The average molecular weight is 277 g/mol. The van der Waals surface area contributed by atoms with Gasteiger partial charge in [-0.15, -0.1) is 0 Å². The van der Waals surface area contributed by atoms with E-state index in [1.165, 1.54) is 11.1 Å². The molecule has 0 aliphatic rings. The predicted octanol–water partition coefficient (Wildman–Crippen LogP) is 4.67. The van der Waals surface area contributed by atoms with Crippen LogP contribution >= 0.6 is 0 Å². The van der Waals surface area contributed by atoms with Crippen molar-refractivity contribution >= 4 is 0 Å². The van der Waals surface area contributed by atoms with Gasteiger partial charge in [0.2, 0.25) is 0 Å². The lowest BCUT2D eigenvalue weighted by molar-refractivity contribution is 0.297. The van der Waals surface area contributed by atoms with Gasteiger partial charge in [-0.1, -0.05) is 26.0 Å². The molecule has 2 heteroatoms.